The van der Waals surface area contributed by atoms with Crippen LogP contribution >= 0.6 is 11.6 Å². The lowest BCUT2D eigenvalue weighted by Gasteiger charge is -1.81. The molecule has 0 amide bonds. The molecular formula is C8H10ClNO3. The predicted molar refractivity (Wildman–Crippen MR) is 49.8 cm³/mol. The largest absolute Gasteiger partial charge is 0.468 e. The van der Waals surface area contributed by atoms with Crippen LogP contribution in [0.2, 0.25) is 5.02 Å². The molecule has 1 N–H and O–H groups in total. The minimum atomic E-state index is -0.242. The summed E-state index contributed by atoms with van der Waals surface area (Å²) in [5.74, 6) is 0. The summed E-state index contributed by atoms with van der Waals surface area (Å²) in [6.07, 6.45) is 1.54. The molecule has 1 aromatic rings. The third-order valence-electron chi connectivity index (χ3n) is 1.00. The average Bonchev–Trinajstić information content (AvgIpc) is 2.13. The van der Waals surface area contributed by atoms with E-state index < -0.39 is 0 Å². The van der Waals surface area contributed by atoms with E-state index in [2.05, 4.69) is 9.72 Å². The molecule has 1 rings (SSSR count). The van der Waals surface area contributed by atoms with E-state index in [1.807, 2.05) is 0 Å². The van der Waals surface area contributed by atoms with E-state index in [0.29, 0.717) is 13.1 Å². The second kappa shape index (κ2) is 7.36. The van der Waals surface area contributed by atoms with E-state index >= 15 is 0 Å². The zero-order chi connectivity index (χ0) is 10.1. The summed E-state index contributed by atoms with van der Waals surface area (Å²) in [5.41, 5.74) is -0.242. The number of ether oxygens (including phenoxy) is 1. The molecule has 1 aromatic heterocycles. The highest BCUT2D eigenvalue weighted by Crippen LogP contribution is 1.94. The molecular weight excluding hydrogens is 194 g/mol. The Kier molecular flexibility index (Phi) is 6.63. The highest BCUT2D eigenvalue weighted by molar-refractivity contribution is 6.30. The average molecular weight is 204 g/mol. The van der Waals surface area contributed by atoms with Crippen LogP contribution in [-0.2, 0) is 9.53 Å². The smallest absolute Gasteiger partial charge is 0.293 e. The molecule has 0 radical (unpaired) electrons. The normalized spacial score (nSPS) is 8.15. The number of nitrogens with one attached hydrogen (secondary N) is 1. The van der Waals surface area contributed by atoms with Crippen molar-refractivity contribution in [3.8, 4) is 0 Å². The van der Waals surface area contributed by atoms with Gasteiger partial charge >= 0.3 is 0 Å². The quantitative estimate of drug-likeness (QED) is 0.735. The van der Waals surface area contributed by atoms with Crippen LogP contribution in [0.1, 0.15) is 6.92 Å². The zero-order valence-corrected chi connectivity index (χ0v) is 7.88. The Hall–Kier alpha value is -1.29. The van der Waals surface area contributed by atoms with Gasteiger partial charge in [-0.3, -0.25) is 9.59 Å². The first-order chi connectivity index (χ1) is 6.22. The van der Waals surface area contributed by atoms with Gasteiger partial charge in [-0.15, -0.1) is 0 Å². The summed E-state index contributed by atoms with van der Waals surface area (Å²) in [5, 5.41) is 0.229. The lowest BCUT2D eigenvalue weighted by atomic mass is 10.5. The first-order valence-electron chi connectivity index (χ1n) is 3.60. The van der Waals surface area contributed by atoms with Crippen LogP contribution in [0.5, 0.6) is 0 Å². The first kappa shape index (κ1) is 11.7. The standard InChI is InChI=1S/C5H4ClNO.C3H6O2/c6-4-2-1-3-7-5(4)8;1-2-5-3-4/h1-3H,(H,7,8);3H,2H2,1H3. The van der Waals surface area contributed by atoms with E-state index in [1.165, 1.54) is 6.20 Å². The number of carbonyl (C=O) groups excluding carboxylic acids is 1. The monoisotopic (exact) mass is 203 g/mol. The third kappa shape index (κ3) is 5.93. The molecule has 0 fully saturated rings. The molecule has 0 atom stereocenters. The van der Waals surface area contributed by atoms with Gasteiger partial charge in [-0.25, -0.2) is 0 Å². The Balaban J connectivity index is 0.000000252. The van der Waals surface area contributed by atoms with Crippen molar-refractivity contribution >= 4 is 18.1 Å². The van der Waals surface area contributed by atoms with Gasteiger partial charge in [-0.05, 0) is 19.1 Å². The van der Waals surface area contributed by atoms with Gasteiger partial charge in [0.25, 0.3) is 12.0 Å². The van der Waals surface area contributed by atoms with Crippen LogP contribution in [0, 0.1) is 0 Å². The van der Waals surface area contributed by atoms with Crippen molar-refractivity contribution in [2.45, 2.75) is 6.92 Å². The molecule has 0 saturated heterocycles. The molecule has 0 aliphatic rings. The second-order valence-electron chi connectivity index (χ2n) is 1.90. The molecule has 0 unspecified atom stereocenters. The number of aromatic nitrogens is 1. The number of hydrogen-bond donors (Lipinski definition) is 1. The molecule has 0 saturated carbocycles. The van der Waals surface area contributed by atoms with E-state index in [4.69, 9.17) is 11.6 Å². The number of aromatic amines is 1. The number of H-pyrrole nitrogens is 1. The SMILES string of the molecule is CCOC=O.O=c1[nH]cccc1Cl. The van der Waals surface area contributed by atoms with Gasteiger partial charge in [-0.1, -0.05) is 11.6 Å². The van der Waals surface area contributed by atoms with Gasteiger partial charge in [0.1, 0.15) is 5.02 Å². The lowest BCUT2D eigenvalue weighted by molar-refractivity contribution is -0.128. The molecule has 5 heteroatoms. The Morgan fingerprint density at radius 2 is 2.38 bits per heavy atom. The predicted octanol–water partition coefficient (Wildman–Crippen LogP) is 1.21. The van der Waals surface area contributed by atoms with Crippen LogP contribution in [0.25, 0.3) is 0 Å². The molecule has 0 bridgehead atoms. The van der Waals surface area contributed by atoms with Gasteiger partial charge in [0.2, 0.25) is 0 Å². The number of rotatable bonds is 2. The van der Waals surface area contributed by atoms with E-state index in [-0.39, 0.29) is 10.6 Å². The van der Waals surface area contributed by atoms with Gasteiger partial charge in [0.05, 0.1) is 6.61 Å². The van der Waals surface area contributed by atoms with E-state index in [0.717, 1.165) is 0 Å². The maximum Gasteiger partial charge on any atom is 0.293 e. The summed E-state index contributed by atoms with van der Waals surface area (Å²) >= 11 is 5.36. The summed E-state index contributed by atoms with van der Waals surface area (Å²) < 4.78 is 4.15. The summed E-state index contributed by atoms with van der Waals surface area (Å²) in [6.45, 7) is 2.66. The molecule has 72 valence electrons. The Morgan fingerprint density at radius 3 is 2.62 bits per heavy atom. The van der Waals surface area contributed by atoms with Crippen molar-refractivity contribution in [1.82, 2.24) is 4.98 Å². The Labute approximate surface area is 80.5 Å². The number of hydrogen-bond acceptors (Lipinski definition) is 3. The van der Waals surface area contributed by atoms with Crippen molar-refractivity contribution in [3.63, 3.8) is 0 Å². The van der Waals surface area contributed by atoms with Crippen molar-refractivity contribution in [3.05, 3.63) is 33.7 Å². The van der Waals surface area contributed by atoms with Crippen LogP contribution < -0.4 is 5.56 Å². The van der Waals surface area contributed by atoms with Gasteiger partial charge in [0.15, 0.2) is 0 Å². The Morgan fingerprint density at radius 1 is 1.69 bits per heavy atom. The van der Waals surface area contributed by atoms with Crippen molar-refractivity contribution in [2.24, 2.45) is 0 Å². The third-order valence-corrected chi connectivity index (χ3v) is 1.30. The van der Waals surface area contributed by atoms with Crippen molar-refractivity contribution in [2.75, 3.05) is 6.61 Å². The zero-order valence-electron chi connectivity index (χ0n) is 7.12. The fourth-order valence-corrected chi connectivity index (χ4v) is 0.596. The molecule has 0 aliphatic heterocycles. The number of carbonyl (C=O) groups is 1. The van der Waals surface area contributed by atoms with E-state index in [9.17, 15) is 9.59 Å². The van der Waals surface area contributed by atoms with Crippen molar-refractivity contribution in [1.29, 1.82) is 0 Å². The maximum atomic E-state index is 10.4. The van der Waals surface area contributed by atoms with E-state index in [1.54, 1.807) is 19.1 Å². The van der Waals surface area contributed by atoms with Gasteiger partial charge in [0, 0.05) is 6.20 Å². The number of halogens is 1. The van der Waals surface area contributed by atoms with Gasteiger partial charge < -0.3 is 9.72 Å². The van der Waals surface area contributed by atoms with Crippen LogP contribution in [0.4, 0.5) is 0 Å². The summed E-state index contributed by atoms with van der Waals surface area (Å²) in [7, 11) is 0. The summed E-state index contributed by atoms with van der Waals surface area (Å²) in [4.78, 5) is 22.0. The second-order valence-corrected chi connectivity index (χ2v) is 2.31. The minimum Gasteiger partial charge on any atom is -0.468 e. The lowest BCUT2D eigenvalue weighted by Crippen LogP contribution is -2.02. The topological polar surface area (TPSA) is 59.2 Å². The summed E-state index contributed by atoms with van der Waals surface area (Å²) in [6, 6.07) is 3.21. The number of pyridine rings is 1. The molecule has 0 aromatic carbocycles. The molecule has 1 heterocycles. The fraction of sp³-hybridized carbons (Fsp3) is 0.250. The van der Waals surface area contributed by atoms with Crippen molar-refractivity contribution < 1.29 is 9.53 Å². The Bertz CT molecular complexity index is 297. The first-order valence-corrected chi connectivity index (χ1v) is 3.98. The molecule has 13 heavy (non-hydrogen) atoms. The molecule has 4 nitrogen and oxygen atoms in total. The minimum absolute atomic E-state index is 0.229. The molecule has 0 aliphatic carbocycles. The van der Waals surface area contributed by atoms with Gasteiger partial charge in [-0.2, -0.15) is 0 Å². The highest BCUT2D eigenvalue weighted by Gasteiger charge is 1.86. The fourth-order valence-electron chi connectivity index (χ4n) is 0.469. The molecule has 0 spiro atoms. The van der Waals surface area contributed by atoms with Crippen LogP contribution in [0.15, 0.2) is 23.1 Å². The van der Waals surface area contributed by atoms with Crippen LogP contribution in [-0.4, -0.2) is 18.1 Å². The maximum absolute atomic E-state index is 10.4. The highest BCUT2D eigenvalue weighted by atomic mass is 35.5. The van der Waals surface area contributed by atoms with Crippen LogP contribution in [0.3, 0.4) is 0 Å².